The Morgan fingerprint density at radius 2 is 1.94 bits per heavy atom. The minimum Gasteiger partial charge on any atom is -0.368 e. The predicted octanol–water partition coefficient (Wildman–Crippen LogP) is 1.22. The van der Waals surface area contributed by atoms with E-state index in [1.807, 2.05) is 19.1 Å². The molecule has 0 saturated carbocycles. The van der Waals surface area contributed by atoms with Crippen molar-refractivity contribution in [2.24, 2.45) is 5.73 Å². The summed E-state index contributed by atoms with van der Waals surface area (Å²) < 4.78 is 0. The fourth-order valence-corrected chi connectivity index (χ4v) is 2.54. The van der Waals surface area contributed by atoms with Crippen molar-refractivity contribution in [1.29, 1.82) is 0 Å². The first-order chi connectivity index (χ1) is 8.50. The molecule has 1 aliphatic heterocycles. The van der Waals surface area contributed by atoms with Crippen molar-refractivity contribution in [3.8, 4) is 0 Å². The lowest BCUT2D eigenvalue weighted by molar-refractivity contribution is -0.133. The molecule has 0 aromatic heterocycles. The van der Waals surface area contributed by atoms with Gasteiger partial charge in [0.25, 0.3) is 5.24 Å². The Kier molecular flexibility index (Phi) is 3.38. The molecule has 1 fully saturated rings. The lowest BCUT2D eigenvalue weighted by atomic mass is 10.0. The Morgan fingerprint density at radius 1 is 1.33 bits per heavy atom. The van der Waals surface area contributed by atoms with Crippen LogP contribution in [0.15, 0.2) is 24.3 Å². The van der Waals surface area contributed by atoms with Crippen LogP contribution in [0.5, 0.6) is 0 Å². The Morgan fingerprint density at radius 3 is 2.39 bits per heavy atom. The second-order valence-electron chi connectivity index (χ2n) is 4.03. The number of amides is 3. The zero-order valence-electron chi connectivity index (χ0n) is 9.75. The average Bonchev–Trinajstić information content (AvgIpc) is 2.63. The molecule has 0 aliphatic carbocycles. The van der Waals surface area contributed by atoms with Crippen LogP contribution in [0.2, 0.25) is 0 Å². The van der Waals surface area contributed by atoms with E-state index in [1.54, 1.807) is 12.1 Å². The molecule has 0 radical (unpaired) electrons. The number of aryl methyl sites for hydroxylation is 1. The zero-order chi connectivity index (χ0) is 13.3. The van der Waals surface area contributed by atoms with Crippen LogP contribution in [0.1, 0.15) is 17.2 Å². The summed E-state index contributed by atoms with van der Waals surface area (Å²) in [6.45, 7) is 1.91. The molecule has 1 heterocycles. The number of hydrogen-bond donors (Lipinski definition) is 1. The molecule has 1 aromatic rings. The van der Waals surface area contributed by atoms with E-state index in [1.165, 1.54) is 0 Å². The van der Waals surface area contributed by atoms with E-state index in [0.717, 1.165) is 22.2 Å². The van der Waals surface area contributed by atoms with E-state index >= 15 is 0 Å². The minimum absolute atomic E-state index is 0.0640. The van der Waals surface area contributed by atoms with Crippen LogP contribution in [0.3, 0.4) is 0 Å². The Balaban J connectivity index is 2.40. The summed E-state index contributed by atoms with van der Waals surface area (Å²) in [5.41, 5.74) is 6.89. The molecular formula is C12H12N2O3S. The number of benzene rings is 1. The Bertz CT molecular complexity index is 497. The van der Waals surface area contributed by atoms with Crippen molar-refractivity contribution in [3.05, 3.63) is 35.4 Å². The maximum absolute atomic E-state index is 11.6. The molecule has 6 heteroatoms. The fraction of sp³-hybridized carbons (Fsp3) is 0.250. The minimum atomic E-state index is -1.01. The molecule has 1 aliphatic rings. The van der Waals surface area contributed by atoms with Crippen LogP contribution < -0.4 is 5.73 Å². The third kappa shape index (κ3) is 2.24. The van der Waals surface area contributed by atoms with E-state index in [4.69, 9.17) is 5.73 Å². The van der Waals surface area contributed by atoms with Crippen LogP contribution in [-0.4, -0.2) is 27.7 Å². The highest BCUT2D eigenvalue weighted by molar-refractivity contribution is 8.14. The second-order valence-corrected chi connectivity index (χ2v) is 4.96. The molecule has 0 spiro atoms. The lowest BCUT2D eigenvalue weighted by Gasteiger charge is -2.23. The second kappa shape index (κ2) is 4.81. The summed E-state index contributed by atoms with van der Waals surface area (Å²) in [5, 5.41) is -0.427. The lowest BCUT2D eigenvalue weighted by Crippen LogP contribution is -2.40. The largest absolute Gasteiger partial charge is 0.368 e. The van der Waals surface area contributed by atoms with Crippen LogP contribution >= 0.6 is 11.8 Å². The molecule has 2 N–H and O–H groups in total. The van der Waals surface area contributed by atoms with Gasteiger partial charge in [-0.1, -0.05) is 41.6 Å². The number of thioether (sulfide) groups is 1. The van der Waals surface area contributed by atoms with Gasteiger partial charge in [-0.15, -0.1) is 0 Å². The van der Waals surface area contributed by atoms with Crippen LogP contribution in [0.25, 0.3) is 0 Å². The standard InChI is InChI=1S/C12H12N2O3S/c1-7-2-4-8(5-3-7)10(11(13)16)14-9(15)6-18-12(14)17/h2-5,10H,6H2,1H3,(H2,13,16). The molecule has 3 amide bonds. The van der Waals surface area contributed by atoms with Crippen LogP contribution in [-0.2, 0) is 9.59 Å². The smallest absolute Gasteiger partial charge is 0.289 e. The van der Waals surface area contributed by atoms with E-state index in [0.29, 0.717) is 5.56 Å². The normalized spacial score (nSPS) is 17.1. The fourth-order valence-electron chi connectivity index (χ4n) is 1.80. The van der Waals surface area contributed by atoms with E-state index in [2.05, 4.69) is 0 Å². The van der Waals surface area contributed by atoms with Crippen LogP contribution in [0, 0.1) is 6.92 Å². The molecule has 1 unspecified atom stereocenters. The molecule has 1 aromatic carbocycles. The molecule has 94 valence electrons. The third-order valence-corrected chi connectivity index (χ3v) is 3.54. The first-order valence-corrected chi connectivity index (χ1v) is 6.34. The molecule has 18 heavy (non-hydrogen) atoms. The number of primary amides is 1. The monoisotopic (exact) mass is 264 g/mol. The maximum atomic E-state index is 11.6. The van der Waals surface area contributed by atoms with Gasteiger partial charge in [-0.3, -0.25) is 19.3 Å². The van der Waals surface area contributed by atoms with Gasteiger partial charge in [0, 0.05) is 0 Å². The van der Waals surface area contributed by atoms with Gasteiger partial charge in [0.1, 0.15) is 6.04 Å². The number of carbonyl (C=O) groups is 3. The summed E-state index contributed by atoms with van der Waals surface area (Å²) in [6.07, 6.45) is 0. The van der Waals surface area contributed by atoms with Gasteiger partial charge in [-0.05, 0) is 12.5 Å². The molecular weight excluding hydrogens is 252 g/mol. The van der Waals surface area contributed by atoms with Crippen molar-refractivity contribution < 1.29 is 14.4 Å². The number of carbonyl (C=O) groups excluding carboxylic acids is 3. The molecule has 0 bridgehead atoms. The van der Waals surface area contributed by atoms with Gasteiger partial charge >= 0.3 is 0 Å². The Hall–Kier alpha value is -1.82. The van der Waals surface area contributed by atoms with Crippen molar-refractivity contribution in [2.45, 2.75) is 13.0 Å². The molecule has 1 atom stereocenters. The number of nitrogens with zero attached hydrogens (tertiary/aromatic N) is 1. The van der Waals surface area contributed by atoms with Gasteiger partial charge in [-0.2, -0.15) is 0 Å². The molecule has 2 rings (SSSR count). The number of nitrogens with two attached hydrogens (primary N) is 1. The first-order valence-electron chi connectivity index (χ1n) is 5.35. The summed E-state index contributed by atoms with van der Waals surface area (Å²) in [7, 11) is 0. The van der Waals surface area contributed by atoms with E-state index < -0.39 is 17.2 Å². The highest BCUT2D eigenvalue weighted by atomic mass is 32.2. The van der Waals surface area contributed by atoms with Gasteiger partial charge in [0.15, 0.2) is 0 Å². The highest BCUT2D eigenvalue weighted by Crippen LogP contribution is 2.29. The number of hydrogen-bond acceptors (Lipinski definition) is 4. The van der Waals surface area contributed by atoms with Crippen molar-refractivity contribution in [2.75, 3.05) is 5.75 Å². The highest BCUT2D eigenvalue weighted by Gasteiger charge is 2.39. The van der Waals surface area contributed by atoms with E-state index in [9.17, 15) is 14.4 Å². The van der Waals surface area contributed by atoms with Gasteiger partial charge < -0.3 is 5.73 Å². The average molecular weight is 264 g/mol. The van der Waals surface area contributed by atoms with Crippen molar-refractivity contribution >= 4 is 28.8 Å². The zero-order valence-corrected chi connectivity index (χ0v) is 10.6. The number of rotatable bonds is 3. The maximum Gasteiger partial charge on any atom is 0.289 e. The summed E-state index contributed by atoms with van der Waals surface area (Å²) in [6, 6.07) is 6.01. The first kappa shape index (κ1) is 12.6. The van der Waals surface area contributed by atoms with E-state index in [-0.39, 0.29) is 11.7 Å². The van der Waals surface area contributed by atoms with Gasteiger partial charge in [-0.25, -0.2) is 0 Å². The number of imide groups is 1. The summed E-state index contributed by atoms with van der Waals surface area (Å²) >= 11 is 0.887. The molecule has 5 nitrogen and oxygen atoms in total. The quantitative estimate of drug-likeness (QED) is 0.890. The Labute approximate surface area is 108 Å². The molecule has 1 saturated heterocycles. The van der Waals surface area contributed by atoms with Crippen molar-refractivity contribution in [3.63, 3.8) is 0 Å². The van der Waals surface area contributed by atoms with Gasteiger partial charge in [0.05, 0.1) is 5.75 Å². The SMILES string of the molecule is Cc1ccc(C(C(N)=O)N2C(=O)CSC2=O)cc1. The third-order valence-electron chi connectivity index (χ3n) is 2.71. The topological polar surface area (TPSA) is 80.5 Å². The van der Waals surface area contributed by atoms with Gasteiger partial charge in [0.2, 0.25) is 11.8 Å². The summed E-state index contributed by atoms with van der Waals surface area (Å²) in [5.74, 6) is -1.02. The predicted molar refractivity (Wildman–Crippen MR) is 67.8 cm³/mol. The summed E-state index contributed by atoms with van der Waals surface area (Å²) in [4.78, 5) is 35.8. The van der Waals surface area contributed by atoms with Crippen LogP contribution in [0.4, 0.5) is 4.79 Å². The van der Waals surface area contributed by atoms with Crippen molar-refractivity contribution in [1.82, 2.24) is 4.90 Å².